The number of aromatic nitrogens is 3. The summed E-state index contributed by atoms with van der Waals surface area (Å²) in [6.45, 7) is 0.743. The molecule has 0 bridgehead atoms. The molecule has 1 aromatic carbocycles. The molecule has 1 atom stereocenters. The Hall–Kier alpha value is -3.09. The fraction of sp³-hybridized carbons (Fsp3) is 0.300. The number of nitrogens with zero attached hydrogens (tertiary/aromatic N) is 4. The van der Waals surface area contributed by atoms with Crippen LogP contribution in [0.25, 0.3) is 11.4 Å². The van der Waals surface area contributed by atoms with Gasteiger partial charge < -0.3 is 9.42 Å². The van der Waals surface area contributed by atoms with Crippen LogP contribution in [-0.4, -0.2) is 32.5 Å². The summed E-state index contributed by atoms with van der Waals surface area (Å²) in [7, 11) is 0. The van der Waals surface area contributed by atoms with E-state index in [1.54, 1.807) is 24.5 Å². The van der Waals surface area contributed by atoms with Gasteiger partial charge in [-0.3, -0.25) is 9.78 Å². The SMILES string of the molecule is O=C(CCCc1nc(-c2cccnc2)no1)N1CCC1c1ccc(F)cc1. The lowest BCUT2D eigenvalue weighted by molar-refractivity contribution is -0.139. The number of halogens is 1. The summed E-state index contributed by atoms with van der Waals surface area (Å²) < 4.78 is 18.3. The zero-order valence-electron chi connectivity index (χ0n) is 14.7. The monoisotopic (exact) mass is 366 g/mol. The third-order valence-electron chi connectivity index (χ3n) is 4.76. The number of hydrogen-bond acceptors (Lipinski definition) is 5. The van der Waals surface area contributed by atoms with Crippen LogP contribution in [-0.2, 0) is 11.2 Å². The van der Waals surface area contributed by atoms with E-state index in [4.69, 9.17) is 4.52 Å². The molecule has 0 aliphatic carbocycles. The molecular formula is C20H19FN4O2. The molecule has 1 fully saturated rings. The van der Waals surface area contributed by atoms with Crippen molar-refractivity contribution in [3.8, 4) is 11.4 Å². The Kier molecular flexibility index (Phi) is 4.91. The van der Waals surface area contributed by atoms with Gasteiger partial charge in [0.1, 0.15) is 5.82 Å². The number of pyridine rings is 1. The smallest absolute Gasteiger partial charge is 0.226 e. The maximum Gasteiger partial charge on any atom is 0.226 e. The second-order valence-electron chi connectivity index (χ2n) is 6.55. The molecule has 6 nitrogen and oxygen atoms in total. The minimum absolute atomic E-state index is 0.0543. The first kappa shape index (κ1) is 17.3. The van der Waals surface area contributed by atoms with Gasteiger partial charge in [-0.25, -0.2) is 4.39 Å². The Bertz CT molecular complexity index is 911. The molecule has 0 N–H and O–H groups in total. The minimum Gasteiger partial charge on any atom is -0.339 e. The molecule has 0 radical (unpaired) electrons. The van der Waals surface area contributed by atoms with Gasteiger partial charge in [-0.15, -0.1) is 0 Å². The summed E-state index contributed by atoms with van der Waals surface area (Å²) in [5.41, 5.74) is 1.78. The molecule has 1 saturated heterocycles. The second-order valence-corrected chi connectivity index (χ2v) is 6.55. The van der Waals surface area contributed by atoms with E-state index in [9.17, 15) is 9.18 Å². The van der Waals surface area contributed by atoms with Crippen molar-refractivity contribution < 1.29 is 13.7 Å². The predicted octanol–water partition coefficient (Wildman–Crippen LogP) is 3.57. The minimum atomic E-state index is -0.263. The van der Waals surface area contributed by atoms with Crippen LogP contribution in [0.4, 0.5) is 4.39 Å². The zero-order valence-corrected chi connectivity index (χ0v) is 14.7. The van der Waals surface area contributed by atoms with Crippen molar-refractivity contribution >= 4 is 5.91 Å². The Labute approximate surface area is 156 Å². The van der Waals surface area contributed by atoms with Crippen LogP contribution in [0.15, 0.2) is 53.3 Å². The summed E-state index contributed by atoms with van der Waals surface area (Å²) in [4.78, 5) is 22.7. The van der Waals surface area contributed by atoms with Gasteiger partial charge in [0.2, 0.25) is 17.6 Å². The van der Waals surface area contributed by atoms with Crippen molar-refractivity contribution in [2.45, 2.75) is 31.7 Å². The van der Waals surface area contributed by atoms with Crippen molar-refractivity contribution in [2.75, 3.05) is 6.54 Å². The molecule has 138 valence electrons. The molecular weight excluding hydrogens is 347 g/mol. The first-order valence-electron chi connectivity index (χ1n) is 8.98. The van der Waals surface area contributed by atoms with Crippen LogP contribution in [0.5, 0.6) is 0 Å². The van der Waals surface area contributed by atoms with E-state index in [-0.39, 0.29) is 17.8 Å². The van der Waals surface area contributed by atoms with Crippen LogP contribution in [0, 0.1) is 5.82 Å². The first-order valence-corrected chi connectivity index (χ1v) is 8.98. The molecule has 4 rings (SSSR count). The quantitative estimate of drug-likeness (QED) is 0.667. The van der Waals surface area contributed by atoms with Crippen LogP contribution in [0.1, 0.15) is 36.8 Å². The summed E-state index contributed by atoms with van der Waals surface area (Å²) in [6, 6.07) is 10.1. The average Bonchev–Trinajstić information content (AvgIpc) is 3.12. The van der Waals surface area contributed by atoms with Crippen LogP contribution in [0.2, 0.25) is 0 Å². The first-order chi connectivity index (χ1) is 13.2. The zero-order chi connectivity index (χ0) is 18.6. The molecule has 1 aliphatic rings. The van der Waals surface area contributed by atoms with Crippen LogP contribution >= 0.6 is 0 Å². The highest BCUT2D eigenvalue weighted by molar-refractivity contribution is 5.77. The average molecular weight is 366 g/mol. The molecule has 3 heterocycles. The molecule has 3 aromatic rings. The summed E-state index contributed by atoms with van der Waals surface area (Å²) in [6.07, 6.45) is 5.88. The third kappa shape index (κ3) is 3.86. The van der Waals surface area contributed by atoms with E-state index in [2.05, 4.69) is 15.1 Å². The molecule has 2 aromatic heterocycles. The normalized spacial score (nSPS) is 16.2. The number of aryl methyl sites for hydroxylation is 1. The highest BCUT2D eigenvalue weighted by Crippen LogP contribution is 2.34. The van der Waals surface area contributed by atoms with E-state index >= 15 is 0 Å². The van der Waals surface area contributed by atoms with E-state index in [1.807, 2.05) is 17.0 Å². The molecule has 1 aliphatic heterocycles. The third-order valence-corrected chi connectivity index (χ3v) is 4.76. The van der Waals surface area contributed by atoms with E-state index in [0.29, 0.717) is 31.0 Å². The number of carbonyl (C=O) groups is 1. The number of likely N-dealkylation sites (tertiary alicyclic amines) is 1. The number of amides is 1. The topological polar surface area (TPSA) is 72.1 Å². The molecule has 1 unspecified atom stereocenters. The van der Waals surface area contributed by atoms with E-state index in [1.165, 1.54) is 12.1 Å². The standard InChI is InChI=1S/C20H19FN4O2/c21-16-8-6-14(7-9-16)17-10-12-25(17)19(26)5-1-4-18-23-20(24-27-18)15-3-2-11-22-13-15/h2-3,6-9,11,13,17H,1,4-5,10,12H2. The lowest BCUT2D eigenvalue weighted by atomic mass is 9.94. The fourth-order valence-electron chi connectivity index (χ4n) is 3.22. The Morgan fingerprint density at radius 3 is 2.81 bits per heavy atom. The van der Waals surface area contributed by atoms with Gasteiger partial charge >= 0.3 is 0 Å². The predicted molar refractivity (Wildman–Crippen MR) is 95.9 cm³/mol. The van der Waals surface area contributed by atoms with Crippen LogP contribution in [0.3, 0.4) is 0 Å². The van der Waals surface area contributed by atoms with Crippen LogP contribution < -0.4 is 0 Å². The van der Waals surface area contributed by atoms with Gasteiger partial charge in [0.25, 0.3) is 0 Å². The van der Waals surface area contributed by atoms with Gasteiger partial charge in [0, 0.05) is 37.3 Å². The number of benzene rings is 1. The highest BCUT2D eigenvalue weighted by Gasteiger charge is 2.32. The Morgan fingerprint density at radius 2 is 2.11 bits per heavy atom. The van der Waals surface area contributed by atoms with Gasteiger partial charge in [-0.1, -0.05) is 17.3 Å². The van der Waals surface area contributed by atoms with Gasteiger partial charge in [0.15, 0.2) is 0 Å². The van der Waals surface area contributed by atoms with Crippen molar-refractivity contribution in [2.24, 2.45) is 0 Å². The van der Waals surface area contributed by atoms with Crippen molar-refractivity contribution in [1.82, 2.24) is 20.0 Å². The maximum atomic E-state index is 13.1. The number of hydrogen-bond donors (Lipinski definition) is 0. The largest absolute Gasteiger partial charge is 0.339 e. The highest BCUT2D eigenvalue weighted by atomic mass is 19.1. The summed E-state index contributed by atoms with van der Waals surface area (Å²) >= 11 is 0. The molecule has 0 spiro atoms. The molecule has 7 heteroatoms. The van der Waals surface area contributed by atoms with E-state index < -0.39 is 0 Å². The Morgan fingerprint density at radius 1 is 1.26 bits per heavy atom. The lowest BCUT2D eigenvalue weighted by Crippen LogP contribution is -2.45. The number of rotatable bonds is 6. The Balaban J connectivity index is 1.29. The van der Waals surface area contributed by atoms with Gasteiger partial charge in [-0.2, -0.15) is 4.98 Å². The van der Waals surface area contributed by atoms with Crippen molar-refractivity contribution in [3.63, 3.8) is 0 Å². The molecule has 0 saturated carbocycles. The summed E-state index contributed by atoms with van der Waals surface area (Å²) in [5.74, 6) is 0.854. The van der Waals surface area contributed by atoms with E-state index in [0.717, 1.165) is 24.1 Å². The van der Waals surface area contributed by atoms with Gasteiger partial charge in [0.05, 0.1) is 6.04 Å². The van der Waals surface area contributed by atoms with Crippen molar-refractivity contribution in [3.05, 3.63) is 66.1 Å². The maximum absolute atomic E-state index is 13.1. The molecule has 27 heavy (non-hydrogen) atoms. The summed E-state index contributed by atoms with van der Waals surface area (Å²) in [5, 5.41) is 3.95. The number of carbonyl (C=O) groups excluding carboxylic acids is 1. The van der Waals surface area contributed by atoms with Crippen molar-refractivity contribution in [1.29, 1.82) is 0 Å². The second kappa shape index (κ2) is 7.65. The molecule has 1 amide bonds. The van der Waals surface area contributed by atoms with Gasteiger partial charge in [-0.05, 0) is 42.7 Å². The fourth-order valence-corrected chi connectivity index (χ4v) is 3.22. The lowest BCUT2D eigenvalue weighted by Gasteiger charge is -2.41.